The first-order valence-corrected chi connectivity index (χ1v) is 10.5. The largest absolute Gasteiger partial charge is 0.381 e. The van der Waals surface area contributed by atoms with Crippen molar-refractivity contribution in [1.82, 2.24) is 20.1 Å². The van der Waals surface area contributed by atoms with E-state index in [-0.39, 0.29) is 11.9 Å². The SMILES string of the molecule is CC(NC(=O)C1(c2ccc(Cl)cc2Cl)CCOCC1)c1ccc(-n2cncn2)cc1. The van der Waals surface area contributed by atoms with Gasteiger partial charge in [0.2, 0.25) is 5.91 Å². The summed E-state index contributed by atoms with van der Waals surface area (Å²) < 4.78 is 7.22. The molecule has 156 valence electrons. The van der Waals surface area contributed by atoms with Gasteiger partial charge in [0.05, 0.1) is 17.1 Å². The van der Waals surface area contributed by atoms with Crippen LogP contribution in [0.15, 0.2) is 55.1 Å². The molecule has 1 unspecified atom stereocenters. The van der Waals surface area contributed by atoms with Crippen LogP contribution >= 0.6 is 23.2 Å². The van der Waals surface area contributed by atoms with Gasteiger partial charge in [-0.15, -0.1) is 0 Å². The number of nitrogens with zero attached hydrogens (tertiary/aromatic N) is 3. The molecule has 2 heterocycles. The molecule has 1 N–H and O–H groups in total. The summed E-state index contributed by atoms with van der Waals surface area (Å²) >= 11 is 12.6. The summed E-state index contributed by atoms with van der Waals surface area (Å²) in [5, 5.41) is 8.36. The van der Waals surface area contributed by atoms with Crippen LogP contribution < -0.4 is 5.32 Å². The summed E-state index contributed by atoms with van der Waals surface area (Å²) in [7, 11) is 0. The van der Waals surface area contributed by atoms with Crippen LogP contribution in [-0.4, -0.2) is 33.9 Å². The van der Waals surface area contributed by atoms with Crippen molar-refractivity contribution < 1.29 is 9.53 Å². The van der Waals surface area contributed by atoms with Gasteiger partial charge in [-0.2, -0.15) is 5.10 Å². The molecule has 0 bridgehead atoms. The molecular formula is C22H22Cl2N4O2. The predicted molar refractivity (Wildman–Crippen MR) is 116 cm³/mol. The van der Waals surface area contributed by atoms with E-state index in [0.717, 1.165) is 16.8 Å². The van der Waals surface area contributed by atoms with E-state index in [1.165, 1.54) is 6.33 Å². The van der Waals surface area contributed by atoms with Gasteiger partial charge in [-0.05, 0) is 55.2 Å². The lowest BCUT2D eigenvalue weighted by atomic mass is 9.73. The molecule has 0 saturated carbocycles. The smallest absolute Gasteiger partial charge is 0.231 e. The summed E-state index contributed by atoms with van der Waals surface area (Å²) in [6.07, 6.45) is 4.27. The lowest BCUT2D eigenvalue weighted by Gasteiger charge is -2.37. The van der Waals surface area contributed by atoms with E-state index >= 15 is 0 Å². The van der Waals surface area contributed by atoms with Gasteiger partial charge in [-0.25, -0.2) is 9.67 Å². The van der Waals surface area contributed by atoms with Gasteiger partial charge in [-0.3, -0.25) is 4.79 Å². The van der Waals surface area contributed by atoms with E-state index in [1.807, 2.05) is 37.3 Å². The highest BCUT2D eigenvalue weighted by Crippen LogP contribution is 2.40. The zero-order valence-corrected chi connectivity index (χ0v) is 18.0. The number of hydrogen-bond donors (Lipinski definition) is 1. The topological polar surface area (TPSA) is 69.0 Å². The fourth-order valence-corrected chi connectivity index (χ4v) is 4.48. The van der Waals surface area contributed by atoms with E-state index in [2.05, 4.69) is 15.4 Å². The Kier molecular flexibility index (Phi) is 6.09. The van der Waals surface area contributed by atoms with Crippen LogP contribution in [0.25, 0.3) is 5.69 Å². The van der Waals surface area contributed by atoms with Crippen LogP contribution in [0.5, 0.6) is 0 Å². The minimum Gasteiger partial charge on any atom is -0.381 e. The maximum atomic E-state index is 13.5. The van der Waals surface area contributed by atoms with Crippen LogP contribution in [0.4, 0.5) is 0 Å². The maximum absolute atomic E-state index is 13.5. The van der Waals surface area contributed by atoms with Crippen molar-refractivity contribution in [3.05, 3.63) is 76.3 Å². The van der Waals surface area contributed by atoms with Gasteiger partial charge in [0.25, 0.3) is 0 Å². The first-order chi connectivity index (χ1) is 14.5. The average molecular weight is 445 g/mol. The Balaban J connectivity index is 1.56. The summed E-state index contributed by atoms with van der Waals surface area (Å²) in [5.41, 5.74) is 1.96. The van der Waals surface area contributed by atoms with Gasteiger partial charge < -0.3 is 10.1 Å². The fourth-order valence-electron chi connectivity index (χ4n) is 3.89. The zero-order valence-electron chi connectivity index (χ0n) is 16.5. The van der Waals surface area contributed by atoms with Gasteiger partial charge in [0, 0.05) is 23.3 Å². The highest BCUT2D eigenvalue weighted by atomic mass is 35.5. The lowest BCUT2D eigenvalue weighted by Crippen LogP contribution is -2.48. The van der Waals surface area contributed by atoms with Crippen LogP contribution in [0.1, 0.15) is 36.9 Å². The van der Waals surface area contributed by atoms with Crippen molar-refractivity contribution in [2.45, 2.75) is 31.2 Å². The number of benzene rings is 2. The van der Waals surface area contributed by atoms with Crippen molar-refractivity contribution in [2.75, 3.05) is 13.2 Å². The number of nitrogens with one attached hydrogen (secondary N) is 1. The predicted octanol–water partition coefficient (Wildman–Crippen LogP) is 4.50. The molecule has 3 aromatic rings. The quantitative estimate of drug-likeness (QED) is 0.628. The second-order valence-corrected chi connectivity index (χ2v) is 8.29. The van der Waals surface area contributed by atoms with Gasteiger partial charge in [0.1, 0.15) is 12.7 Å². The molecule has 0 aliphatic carbocycles. The lowest BCUT2D eigenvalue weighted by molar-refractivity contribution is -0.131. The Hall–Kier alpha value is -2.41. The van der Waals surface area contributed by atoms with Crippen LogP contribution in [-0.2, 0) is 14.9 Å². The third kappa shape index (κ3) is 4.08. The Labute approximate surface area is 185 Å². The molecule has 30 heavy (non-hydrogen) atoms. The number of hydrogen-bond acceptors (Lipinski definition) is 4. The molecule has 1 saturated heterocycles. The molecule has 1 atom stereocenters. The summed E-state index contributed by atoms with van der Waals surface area (Å²) in [6, 6.07) is 13.0. The number of rotatable bonds is 5. The minimum absolute atomic E-state index is 0.0529. The third-order valence-corrected chi connectivity index (χ3v) is 6.20. The van der Waals surface area contributed by atoms with Crippen molar-refractivity contribution >= 4 is 29.1 Å². The second-order valence-electron chi connectivity index (χ2n) is 7.45. The number of amides is 1. The number of aromatic nitrogens is 3. The summed E-state index contributed by atoms with van der Waals surface area (Å²) in [6.45, 7) is 2.99. The average Bonchev–Trinajstić information content (AvgIpc) is 3.29. The van der Waals surface area contributed by atoms with Crippen molar-refractivity contribution in [3.8, 4) is 5.69 Å². The molecule has 6 nitrogen and oxygen atoms in total. The maximum Gasteiger partial charge on any atom is 0.231 e. The van der Waals surface area contributed by atoms with E-state index in [4.69, 9.17) is 27.9 Å². The molecule has 4 rings (SSSR count). The van der Waals surface area contributed by atoms with Crippen molar-refractivity contribution in [1.29, 1.82) is 0 Å². The third-order valence-electron chi connectivity index (χ3n) is 5.65. The molecular weight excluding hydrogens is 423 g/mol. The van der Waals surface area contributed by atoms with E-state index in [0.29, 0.717) is 36.1 Å². The Morgan fingerprint density at radius 2 is 1.90 bits per heavy atom. The summed E-state index contributed by atoms with van der Waals surface area (Å²) in [4.78, 5) is 17.5. The van der Waals surface area contributed by atoms with Crippen molar-refractivity contribution in [3.63, 3.8) is 0 Å². The van der Waals surface area contributed by atoms with Gasteiger partial charge in [-0.1, -0.05) is 41.4 Å². The Morgan fingerprint density at radius 3 is 2.53 bits per heavy atom. The second kappa shape index (κ2) is 8.76. The normalized spacial score (nSPS) is 16.8. The first kappa shape index (κ1) is 20.8. The zero-order chi connectivity index (χ0) is 21.1. The molecule has 1 amide bonds. The Bertz CT molecular complexity index is 1020. The standard InChI is InChI=1S/C22H22Cl2N4O2/c1-15(16-2-5-18(6-3-16)28-14-25-13-26-28)27-21(29)22(8-10-30-11-9-22)19-7-4-17(23)12-20(19)24/h2-7,12-15H,8-11H2,1H3,(H,27,29). The van der Waals surface area contributed by atoms with Crippen LogP contribution in [0.2, 0.25) is 10.0 Å². The minimum atomic E-state index is -0.741. The highest BCUT2D eigenvalue weighted by Gasteiger charge is 2.43. The number of carbonyl (C=O) groups excluding carboxylic acids is 1. The van der Waals surface area contributed by atoms with Gasteiger partial charge in [0.15, 0.2) is 0 Å². The molecule has 0 spiro atoms. The first-order valence-electron chi connectivity index (χ1n) is 9.79. The van der Waals surface area contributed by atoms with E-state index in [1.54, 1.807) is 23.1 Å². The number of halogens is 2. The van der Waals surface area contributed by atoms with E-state index < -0.39 is 5.41 Å². The molecule has 1 fully saturated rings. The Morgan fingerprint density at radius 1 is 1.17 bits per heavy atom. The highest BCUT2D eigenvalue weighted by molar-refractivity contribution is 6.35. The molecule has 2 aromatic carbocycles. The van der Waals surface area contributed by atoms with E-state index in [9.17, 15) is 4.79 Å². The number of carbonyl (C=O) groups is 1. The molecule has 1 aliphatic rings. The van der Waals surface area contributed by atoms with Crippen LogP contribution in [0.3, 0.4) is 0 Å². The fraction of sp³-hybridized carbons (Fsp3) is 0.318. The number of ether oxygens (including phenoxy) is 1. The van der Waals surface area contributed by atoms with Crippen LogP contribution in [0, 0.1) is 0 Å². The molecule has 0 radical (unpaired) electrons. The van der Waals surface area contributed by atoms with Crippen molar-refractivity contribution in [2.24, 2.45) is 0 Å². The molecule has 1 aliphatic heterocycles. The molecule has 1 aromatic heterocycles. The summed E-state index contributed by atoms with van der Waals surface area (Å²) in [5.74, 6) is -0.0529. The van der Waals surface area contributed by atoms with Gasteiger partial charge >= 0.3 is 0 Å². The monoisotopic (exact) mass is 444 g/mol. The molecule has 8 heteroatoms.